The Morgan fingerprint density at radius 3 is 2.48 bits per heavy atom. The molecule has 0 spiro atoms. The van der Waals surface area contributed by atoms with Gasteiger partial charge in [0.2, 0.25) is 0 Å². The number of fused-ring (bicyclic) bond motifs is 1. The molecule has 3 rings (SSSR count). The molecular formula is C18H16ClNO2S. The summed E-state index contributed by atoms with van der Waals surface area (Å²) in [7, 11) is 3.46. The van der Waals surface area contributed by atoms with Crippen LogP contribution in [0.4, 0.5) is 0 Å². The normalized spacial score (nSPS) is 10.7. The van der Waals surface area contributed by atoms with Gasteiger partial charge in [0.05, 0.1) is 9.90 Å². The number of carbonyl (C=O) groups excluding carboxylic acids is 1. The van der Waals surface area contributed by atoms with Crippen LogP contribution >= 0.6 is 22.9 Å². The summed E-state index contributed by atoms with van der Waals surface area (Å²) in [6.45, 7) is 0.416. The van der Waals surface area contributed by atoms with Crippen LogP contribution in [0.15, 0.2) is 48.5 Å². The van der Waals surface area contributed by atoms with Gasteiger partial charge in [-0.1, -0.05) is 29.8 Å². The number of halogens is 1. The predicted octanol–water partition coefficient (Wildman–Crippen LogP) is 4.84. The monoisotopic (exact) mass is 345 g/mol. The Kier molecular flexibility index (Phi) is 4.55. The summed E-state index contributed by atoms with van der Waals surface area (Å²) in [5.41, 5.74) is 0.641. The molecule has 0 aliphatic carbocycles. The van der Waals surface area contributed by atoms with Gasteiger partial charge in [-0.2, -0.15) is 0 Å². The van der Waals surface area contributed by atoms with Crippen molar-refractivity contribution >= 4 is 38.9 Å². The molecule has 5 heteroatoms. The minimum Gasteiger partial charge on any atom is -0.488 e. The van der Waals surface area contributed by atoms with Crippen LogP contribution in [0.3, 0.4) is 0 Å². The van der Waals surface area contributed by atoms with Gasteiger partial charge in [0.1, 0.15) is 12.4 Å². The van der Waals surface area contributed by atoms with Crippen molar-refractivity contribution in [3.8, 4) is 5.75 Å². The smallest absolute Gasteiger partial charge is 0.253 e. The van der Waals surface area contributed by atoms with Gasteiger partial charge in [-0.05, 0) is 30.3 Å². The summed E-state index contributed by atoms with van der Waals surface area (Å²) >= 11 is 8.04. The zero-order valence-corrected chi connectivity index (χ0v) is 14.4. The fraction of sp³-hybridized carbons (Fsp3) is 0.167. The van der Waals surface area contributed by atoms with Crippen LogP contribution in [-0.2, 0) is 6.61 Å². The minimum atomic E-state index is -0.0240. The number of hydrogen-bond acceptors (Lipinski definition) is 3. The number of nitrogens with zero attached hydrogens (tertiary/aromatic N) is 1. The number of ether oxygens (including phenoxy) is 1. The second-order valence-corrected chi connectivity index (χ2v) is 6.86. The number of carbonyl (C=O) groups is 1. The second kappa shape index (κ2) is 6.60. The summed E-state index contributed by atoms with van der Waals surface area (Å²) in [5, 5.41) is 1.81. The number of benzene rings is 2. The van der Waals surface area contributed by atoms with Crippen LogP contribution in [0.2, 0.25) is 5.02 Å². The fourth-order valence-electron chi connectivity index (χ4n) is 2.26. The molecule has 1 amide bonds. The molecule has 2 aromatic carbocycles. The van der Waals surface area contributed by atoms with Gasteiger partial charge in [-0.15, -0.1) is 11.3 Å². The van der Waals surface area contributed by atoms with Crippen molar-refractivity contribution in [2.24, 2.45) is 0 Å². The lowest BCUT2D eigenvalue weighted by atomic mass is 10.2. The zero-order chi connectivity index (χ0) is 16.4. The Labute approximate surface area is 144 Å². The molecule has 0 bridgehead atoms. The minimum absolute atomic E-state index is 0.0240. The maximum Gasteiger partial charge on any atom is 0.253 e. The highest BCUT2D eigenvalue weighted by Crippen LogP contribution is 2.35. The lowest BCUT2D eigenvalue weighted by Gasteiger charge is -2.11. The van der Waals surface area contributed by atoms with Gasteiger partial charge in [0.15, 0.2) is 0 Å². The molecule has 0 unspecified atom stereocenters. The number of hydrogen-bond donors (Lipinski definition) is 0. The Morgan fingerprint density at radius 2 is 1.83 bits per heavy atom. The Hall–Kier alpha value is -2.04. The average molecular weight is 346 g/mol. The lowest BCUT2D eigenvalue weighted by molar-refractivity contribution is 0.0827. The van der Waals surface area contributed by atoms with Crippen molar-refractivity contribution in [1.82, 2.24) is 4.90 Å². The van der Waals surface area contributed by atoms with Crippen molar-refractivity contribution in [3.05, 3.63) is 64.0 Å². The van der Waals surface area contributed by atoms with Crippen LogP contribution in [0.25, 0.3) is 10.1 Å². The van der Waals surface area contributed by atoms with Gasteiger partial charge in [-0.25, -0.2) is 0 Å². The first-order valence-electron chi connectivity index (χ1n) is 7.16. The van der Waals surface area contributed by atoms with E-state index in [1.165, 1.54) is 0 Å². The molecule has 1 aromatic heterocycles. The zero-order valence-electron chi connectivity index (χ0n) is 12.9. The van der Waals surface area contributed by atoms with Crippen molar-refractivity contribution in [3.63, 3.8) is 0 Å². The molecule has 0 fully saturated rings. The first-order chi connectivity index (χ1) is 11.1. The number of rotatable bonds is 4. The molecule has 0 saturated carbocycles. The van der Waals surface area contributed by atoms with Crippen LogP contribution in [-0.4, -0.2) is 24.9 Å². The van der Waals surface area contributed by atoms with E-state index in [4.69, 9.17) is 16.3 Å². The van der Waals surface area contributed by atoms with E-state index in [0.29, 0.717) is 17.9 Å². The highest BCUT2D eigenvalue weighted by molar-refractivity contribution is 7.19. The standard InChI is InChI=1S/C18H16ClNO2S/c1-20(2)18(21)12-7-9-13(10-8-12)22-11-16-17(19)14-5-3-4-6-15(14)23-16/h3-10H,11H2,1-2H3. The van der Waals surface area contributed by atoms with Crippen molar-refractivity contribution in [2.75, 3.05) is 14.1 Å². The van der Waals surface area contributed by atoms with Gasteiger partial charge in [0, 0.05) is 29.7 Å². The van der Waals surface area contributed by atoms with E-state index >= 15 is 0 Å². The van der Waals surface area contributed by atoms with Crippen molar-refractivity contribution in [2.45, 2.75) is 6.61 Å². The Balaban J connectivity index is 1.72. The number of thiophene rings is 1. The van der Waals surface area contributed by atoms with Crippen molar-refractivity contribution in [1.29, 1.82) is 0 Å². The maximum absolute atomic E-state index is 11.8. The van der Waals surface area contributed by atoms with Gasteiger partial charge >= 0.3 is 0 Å². The SMILES string of the molecule is CN(C)C(=O)c1ccc(OCc2sc3ccccc3c2Cl)cc1. The topological polar surface area (TPSA) is 29.5 Å². The fourth-order valence-corrected chi connectivity index (χ4v) is 3.66. The molecule has 3 aromatic rings. The third-order valence-corrected chi connectivity index (χ3v) is 5.17. The molecule has 0 radical (unpaired) electrons. The largest absolute Gasteiger partial charge is 0.488 e. The summed E-state index contributed by atoms with van der Waals surface area (Å²) in [5.74, 6) is 0.693. The first-order valence-corrected chi connectivity index (χ1v) is 8.36. The average Bonchev–Trinajstić information content (AvgIpc) is 2.89. The van der Waals surface area contributed by atoms with E-state index in [-0.39, 0.29) is 5.91 Å². The number of amides is 1. The molecule has 0 aliphatic rings. The van der Waals surface area contributed by atoms with Crippen LogP contribution in [0.1, 0.15) is 15.2 Å². The molecule has 0 aliphatic heterocycles. The molecule has 118 valence electrons. The van der Waals surface area contributed by atoms with Gasteiger partial charge < -0.3 is 9.64 Å². The molecule has 0 atom stereocenters. The van der Waals surface area contributed by atoms with Crippen molar-refractivity contribution < 1.29 is 9.53 Å². The Bertz CT molecular complexity index is 840. The van der Waals surface area contributed by atoms with E-state index in [9.17, 15) is 4.79 Å². The summed E-state index contributed by atoms with van der Waals surface area (Å²) in [6, 6.07) is 15.2. The van der Waals surface area contributed by atoms with Crippen LogP contribution in [0.5, 0.6) is 5.75 Å². The summed E-state index contributed by atoms with van der Waals surface area (Å²) in [6.07, 6.45) is 0. The lowest BCUT2D eigenvalue weighted by Crippen LogP contribution is -2.21. The van der Waals surface area contributed by atoms with Crippen LogP contribution < -0.4 is 4.74 Å². The van der Waals surface area contributed by atoms with E-state index in [2.05, 4.69) is 6.07 Å². The molecule has 23 heavy (non-hydrogen) atoms. The molecular weight excluding hydrogens is 330 g/mol. The van der Waals surface area contributed by atoms with E-state index in [1.54, 1.807) is 54.6 Å². The Morgan fingerprint density at radius 1 is 1.13 bits per heavy atom. The molecule has 0 saturated heterocycles. The van der Waals surface area contributed by atoms with Gasteiger partial charge in [0.25, 0.3) is 5.91 Å². The highest BCUT2D eigenvalue weighted by Gasteiger charge is 2.11. The second-order valence-electron chi connectivity index (χ2n) is 5.35. The first kappa shape index (κ1) is 15.8. The third kappa shape index (κ3) is 3.33. The highest BCUT2D eigenvalue weighted by atomic mass is 35.5. The summed E-state index contributed by atoms with van der Waals surface area (Å²) in [4.78, 5) is 14.4. The van der Waals surface area contributed by atoms with Gasteiger partial charge in [-0.3, -0.25) is 4.79 Å². The molecule has 0 N–H and O–H groups in total. The molecule has 3 nitrogen and oxygen atoms in total. The van der Waals surface area contributed by atoms with E-state index < -0.39 is 0 Å². The quantitative estimate of drug-likeness (QED) is 0.677. The van der Waals surface area contributed by atoms with E-state index in [1.807, 2.05) is 18.2 Å². The van der Waals surface area contributed by atoms with Crippen LogP contribution in [0, 0.1) is 0 Å². The predicted molar refractivity (Wildman–Crippen MR) is 95.6 cm³/mol. The van der Waals surface area contributed by atoms with E-state index in [0.717, 1.165) is 20.0 Å². The summed E-state index contributed by atoms with van der Waals surface area (Å²) < 4.78 is 6.95. The molecule has 1 heterocycles. The maximum atomic E-state index is 11.8. The third-order valence-electron chi connectivity index (χ3n) is 3.48.